The number of anilines is 5. The van der Waals surface area contributed by atoms with Gasteiger partial charge in [-0.1, -0.05) is 129 Å². The zero-order valence-electron chi connectivity index (χ0n) is 34.1. The summed E-state index contributed by atoms with van der Waals surface area (Å²) in [5, 5.41) is 2.49. The van der Waals surface area contributed by atoms with Crippen molar-refractivity contribution in [3.05, 3.63) is 215 Å². The van der Waals surface area contributed by atoms with Gasteiger partial charge in [-0.25, -0.2) is 0 Å². The van der Waals surface area contributed by atoms with Gasteiger partial charge in [0.05, 0.1) is 11.0 Å². The van der Waals surface area contributed by atoms with Crippen LogP contribution in [0.4, 0.5) is 28.4 Å². The van der Waals surface area contributed by atoms with Gasteiger partial charge in [-0.2, -0.15) is 0 Å². The van der Waals surface area contributed by atoms with E-state index in [4.69, 9.17) is 0 Å². The van der Waals surface area contributed by atoms with Crippen molar-refractivity contribution in [1.29, 1.82) is 0 Å². The second kappa shape index (κ2) is 13.5. The Morgan fingerprint density at radius 3 is 1.78 bits per heavy atom. The van der Waals surface area contributed by atoms with Gasteiger partial charge in [-0.3, -0.25) is 0 Å². The highest BCUT2D eigenvalue weighted by Crippen LogP contribution is 2.51. The molecule has 0 saturated heterocycles. The van der Waals surface area contributed by atoms with E-state index in [1.165, 1.54) is 107 Å². The van der Waals surface area contributed by atoms with Gasteiger partial charge in [-0.05, 0) is 136 Å². The second-order valence-electron chi connectivity index (χ2n) is 17.3. The van der Waals surface area contributed by atoms with Gasteiger partial charge in [0.25, 0.3) is 0 Å². The first-order chi connectivity index (χ1) is 29.5. The molecule has 3 heterocycles. The number of aryl methyl sites for hydroxylation is 1. The van der Waals surface area contributed by atoms with Gasteiger partial charge in [-0.15, -0.1) is 0 Å². The monoisotopic (exact) mass is 771 g/mol. The molecule has 288 valence electrons. The number of hydrogen-bond donors (Lipinski definition) is 0. The Hall–Kier alpha value is -7.10. The molecule has 0 N–H and O–H groups in total. The van der Waals surface area contributed by atoms with Crippen molar-refractivity contribution in [1.82, 2.24) is 4.57 Å². The fraction of sp³-hybridized carbons (Fsp3) is 0.123. The highest BCUT2D eigenvalue weighted by Gasteiger charge is 2.36. The minimum Gasteiger partial charge on any atom is -0.341 e. The Labute approximate surface area is 352 Å². The van der Waals surface area contributed by atoms with E-state index in [2.05, 4.69) is 216 Å². The maximum absolute atomic E-state index is 2.52. The summed E-state index contributed by atoms with van der Waals surface area (Å²) in [7, 11) is 0. The molecule has 0 bridgehead atoms. The average molecular weight is 772 g/mol. The second-order valence-corrected chi connectivity index (χ2v) is 17.3. The summed E-state index contributed by atoms with van der Waals surface area (Å²) in [4.78, 5) is 4.97. The molecular formula is C57H45N3. The number of aromatic nitrogens is 1. The standard InChI is InChI=1S/C57H45N3/c1-57(2)50-34-39(24-28-46(50)47-29-26-44(37-51(47)57)58-32-12-16-40-13-6-9-19-52(40)58)23-22-38-25-30-55-48(33-38)49-36-45(27-31-56(49)59(55)43-17-4-3-5-18-43)60-53-20-10-7-14-41(53)35-42-15-8-11-21-54(42)60/h3-11,13-15,17-31,33-34,36-37H,12,16,32,35H2,1-2H3. The minimum absolute atomic E-state index is 0.106. The van der Waals surface area contributed by atoms with Crippen LogP contribution in [0.15, 0.2) is 176 Å². The molecule has 2 aliphatic heterocycles. The number of benzene rings is 8. The van der Waals surface area contributed by atoms with Gasteiger partial charge < -0.3 is 14.4 Å². The summed E-state index contributed by atoms with van der Waals surface area (Å²) < 4.78 is 2.41. The van der Waals surface area contributed by atoms with Crippen LogP contribution >= 0.6 is 0 Å². The van der Waals surface area contributed by atoms with Crippen LogP contribution < -0.4 is 9.80 Å². The summed E-state index contributed by atoms with van der Waals surface area (Å²) >= 11 is 0. The average Bonchev–Trinajstić information content (AvgIpc) is 3.74. The largest absolute Gasteiger partial charge is 0.341 e. The Kier molecular flexibility index (Phi) is 7.84. The summed E-state index contributed by atoms with van der Waals surface area (Å²) in [5.74, 6) is 0. The topological polar surface area (TPSA) is 11.4 Å². The molecule has 0 spiro atoms. The third kappa shape index (κ3) is 5.42. The number of rotatable bonds is 5. The van der Waals surface area contributed by atoms with Crippen LogP contribution in [-0.4, -0.2) is 11.1 Å². The minimum atomic E-state index is -0.106. The lowest BCUT2D eigenvalue weighted by Gasteiger charge is -2.33. The number of para-hydroxylation sites is 4. The van der Waals surface area contributed by atoms with Gasteiger partial charge in [0.2, 0.25) is 0 Å². The summed E-state index contributed by atoms with van der Waals surface area (Å²) in [6.45, 7) is 5.84. The van der Waals surface area contributed by atoms with E-state index in [-0.39, 0.29) is 5.41 Å². The van der Waals surface area contributed by atoms with Crippen molar-refractivity contribution in [3.8, 4) is 16.8 Å². The molecule has 0 amide bonds. The van der Waals surface area contributed by atoms with E-state index >= 15 is 0 Å². The maximum Gasteiger partial charge on any atom is 0.0542 e. The molecule has 1 aromatic heterocycles. The Balaban J connectivity index is 0.922. The van der Waals surface area contributed by atoms with Crippen molar-refractivity contribution in [3.63, 3.8) is 0 Å². The van der Waals surface area contributed by atoms with E-state index in [0.29, 0.717) is 0 Å². The third-order valence-electron chi connectivity index (χ3n) is 13.5. The van der Waals surface area contributed by atoms with Crippen LogP contribution in [0.5, 0.6) is 0 Å². The first kappa shape index (κ1) is 34.9. The first-order valence-electron chi connectivity index (χ1n) is 21.4. The predicted octanol–water partition coefficient (Wildman–Crippen LogP) is 14.7. The first-order valence-corrected chi connectivity index (χ1v) is 21.4. The molecule has 0 saturated carbocycles. The van der Waals surface area contributed by atoms with Crippen LogP contribution in [0.3, 0.4) is 0 Å². The molecule has 3 heteroatoms. The lowest BCUT2D eigenvalue weighted by atomic mass is 9.81. The quantitative estimate of drug-likeness (QED) is 0.161. The van der Waals surface area contributed by atoms with Crippen LogP contribution in [0.2, 0.25) is 0 Å². The Bertz CT molecular complexity index is 3160. The molecule has 1 aliphatic carbocycles. The smallest absolute Gasteiger partial charge is 0.0542 e. The zero-order valence-corrected chi connectivity index (χ0v) is 34.1. The lowest BCUT2D eigenvalue weighted by molar-refractivity contribution is 0.659. The van der Waals surface area contributed by atoms with Crippen molar-refractivity contribution in [2.24, 2.45) is 0 Å². The van der Waals surface area contributed by atoms with Gasteiger partial charge in [0.15, 0.2) is 0 Å². The van der Waals surface area contributed by atoms with Crippen LogP contribution in [0.1, 0.15) is 59.2 Å². The normalized spacial score (nSPS) is 14.9. The predicted molar refractivity (Wildman–Crippen MR) is 253 cm³/mol. The SMILES string of the molecule is CC1(C)c2cc(C=Cc3ccc4c(c3)c3cc(N5c6ccccc6Cc6ccccc65)ccc3n4-c3ccccc3)ccc2-c2ccc(N3CCCc4ccccc43)cc21. The molecule has 8 aromatic carbocycles. The molecule has 0 atom stereocenters. The van der Waals surface area contributed by atoms with Crippen molar-refractivity contribution < 1.29 is 0 Å². The molecule has 0 fully saturated rings. The van der Waals surface area contributed by atoms with E-state index in [9.17, 15) is 0 Å². The number of nitrogens with zero attached hydrogens (tertiary/aromatic N) is 3. The Morgan fingerprint density at radius 2 is 1.03 bits per heavy atom. The van der Waals surface area contributed by atoms with Gasteiger partial charge in [0.1, 0.15) is 0 Å². The molecule has 3 nitrogen and oxygen atoms in total. The number of hydrogen-bond acceptors (Lipinski definition) is 2. The third-order valence-corrected chi connectivity index (χ3v) is 13.5. The van der Waals surface area contributed by atoms with Gasteiger partial charge in [0, 0.05) is 63.3 Å². The fourth-order valence-corrected chi connectivity index (χ4v) is 10.5. The molecule has 0 unspecified atom stereocenters. The molecule has 12 rings (SSSR count). The number of fused-ring (bicyclic) bond motifs is 9. The van der Waals surface area contributed by atoms with Crippen molar-refractivity contribution in [2.45, 2.75) is 38.5 Å². The molecule has 3 aliphatic rings. The molecule has 60 heavy (non-hydrogen) atoms. The van der Waals surface area contributed by atoms with E-state index in [1.54, 1.807) is 0 Å². The van der Waals surface area contributed by atoms with Crippen molar-refractivity contribution in [2.75, 3.05) is 16.3 Å². The lowest BCUT2D eigenvalue weighted by Crippen LogP contribution is -2.25. The molecule has 9 aromatic rings. The van der Waals surface area contributed by atoms with Crippen molar-refractivity contribution >= 4 is 62.4 Å². The summed E-state index contributed by atoms with van der Waals surface area (Å²) in [6, 6.07) is 65.5. The maximum atomic E-state index is 2.52. The van der Waals surface area contributed by atoms with Crippen LogP contribution in [0.25, 0.3) is 50.8 Å². The highest BCUT2D eigenvalue weighted by atomic mass is 15.2. The fourth-order valence-electron chi connectivity index (χ4n) is 10.5. The Morgan fingerprint density at radius 1 is 0.467 bits per heavy atom. The summed E-state index contributed by atoms with van der Waals surface area (Å²) in [5.41, 5.74) is 21.8. The molecular weight excluding hydrogens is 727 g/mol. The van der Waals surface area contributed by atoms with Crippen LogP contribution in [0, 0.1) is 0 Å². The van der Waals surface area contributed by atoms with E-state index in [1.807, 2.05) is 0 Å². The summed E-state index contributed by atoms with van der Waals surface area (Å²) in [6.07, 6.45) is 7.85. The molecule has 0 radical (unpaired) electrons. The van der Waals surface area contributed by atoms with Crippen LogP contribution in [-0.2, 0) is 18.3 Å². The van der Waals surface area contributed by atoms with E-state index in [0.717, 1.165) is 25.1 Å². The zero-order chi connectivity index (χ0) is 40.0. The van der Waals surface area contributed by atoms with Gasteiger partial charge >= 0.3 is 0 Å². The highest BCUT2D eigenvalue weighted by molar-refractivity contribution is 6.11. The van der Waals surface area contributed by atoms with E-state index < -0.39 is 0 Å².